The van der Waals surface area contributed by atoms with Gasteiger partial charge in [0.05, 0.1) is 12.5 Å². The number of ether oxygens (including phenoxy) is 1. The number of nitrogens with zero attached hydrogens (tertiary/aromatic N) is 2. The smallest absolute Gasteiger partial charge is 0.326 e. The first-order valence-corrected chi connectivity index (χ1v) is 8.75. The van der Waals surface area contributed by atoms with E-state index in [1.54, 1.807) is 24.3 Å². The van der Waals surface area contributed by atoms with Gasteiger partial charge in [-0.3, -0.25) is 24.1 Å². The van der Waals surface area contributed by atoms with Gasteiger partial charge in [-0.15, -0.1) is 0 Å². The molecule has 0 radical (unpaired) electrons. The fourth-order valence-electron chi connectivity index (χ4n) is 3.43. The molecule has 1 heterocycles. The predicted molar refractivity (Wildman–Crippen MR) is 92.1 cm³/mol. The number of carbonyl (C=O) groups excluding carboxylic acids is 4. The van der Waals surface area contributed by atoms with E-state index in [-0.39, 0.29) is 6.42 Å². The maximum Gasteiger partial charge on any atom is 0.326 e. The standard InChI is InChI=1S/C19H19N3O5/c20-12-19(7-3-4-8-19)21-15(23)11-27-17(25)10-22-16(24)9-13-5-1-2-6-14(13)18(22)26/h1-2,5-6H,3-4,7-11H2,(H,21,23). The van der Waals surface area contributed by atoms with Crippen molar-refractivity contribution in [3.63, 3.8) is 0 Å². The van der Waals surface area contributed by atoms with Crippen LogP contribution in [0.2, 0.25) is 0 Å². The second kappa shape index (κ2) is 7.58. The van der Waals surface area contributed by atoms with Crippen LogP contribution in [0.3, 0.4) is 0 Å². The van der Waals surface area contributed by atoms with Gasteiger partial charge in [-0.05, 0) is 37.3 Å². The van der Waals surface area contributed by atoms with Crippen molar-refractivity contribution in [3.8, 4) is 6.07 Å². The van der Waals surface area contributed by atoms with E-state index in [0.717, 1.165) is 17.7 Å². The van der Waals surface area contributed by atoms with Crippen LogP contribution in [0.15, 0.2) is 24.3 Å². The highest BCUT2D eigenvalue weighted by Crippen LogP contribution is 2.28. The first-order chi connectivity index (χ1) is 12.9. The molecule has 1 aliphatic carbocycles. The summed E-state index contributed by atoms with van der Waals surface area (Å²) >= 11 is 0. The van der Waals surface area contributed by atoms with Crippen LogP contribution >= 0.6 is 0 Å². The van der Waals surface area contributed by atoms with Crippen molar-refractivity contribution in [2.75, 3.05) is 13.2 Å². The molecule has 140 valence electrons. The summed E-state index contributed by atoms with van der Waals surface area (Å²) in [5.74, 6) is -2.48. The van der Waals surface area contributed by atoms with Gasteiger partial charge in [0, 0.05) is 5.56 Å². The lowest BCUT2D eigenvalue weighted by molar-refractivity contribution is -0.151. The van der Waals surface area contributed by atoms with Crippen LogP contribution in [-0.2, 0) is 25.5 Å². The molecule has 1 saturated carbocycles. The SMILES string of the molecule is N#CC1(NC(=O)COC(=O)CN2C(=O)Cc3ccccc3C2=O)CCCC1. The topological polar surface area (TPSA) is 117 Å². The fraction of sp³-hybridized carbons (Fsp3) is 0.421. The molecule has 0 unspecified atom stereocenters. The molecule has 0 bridgehead atoms. The van der Waals surface area contributed by atoms with Gasteiger partial charge in [0.25, 0.3) is 11.8 Å². The number of nitrogens with one attached hydrogen (secondary N) is 1. The van der Waals surface area contributed by atoms with E-state index < -0.39 is 42.4 Å². The summed E-state index contributed by atoms with van der Waals surface area (Å²) in [6.45, 7) is -1.11. The Morgan fingerprint density at radius 2 is 1.93 bits per heavy atom. The second-order valence-corrected chi connectivity index (χ2v) is 6.73. The van der Waals surface area contributed by atoms with Crippen LogP contribution in [0.5, 0.6) is 0 Å². The number of carbonyl (C=O) groups is 4. The average Bonchev–Trinajstić information content (AvgIpc) is 3.12. The van der Waals surface area contributed by atoms with Crippen molar-refractivity contribution in [3.05, 3.63) is 35.4 Å². The Kier molecular flexibility index (Phi) is 5.21. The van der Waals surface area contributed by atoms with Gasteiger partial charge in [0.15, 0.2) is 6.61 Å². The maximum atomic E-state index is 12.4. The summed E-state index contributed by atoms with van der Waals surface area (Å²) in [6.07, 6.45) is 2.88. The molecular weight excluding hydrogens is 350 g/mol. The molecule has 8 nitrogen and oxygen atoms in total. The van der Waals surface area contributed by atoms with Gasteiger partial charge in [-0.25, -0.2) is 0 Å². The molecule has 3 rings (SSSR count). The molecule has 0 atom stereocenters. The highest BCUT2D eigenvalue weighted by atomic mass is 16.5. The van der Waals surface area contributed by atoms with Gasteiger partial charge < -0.3 is 10.1 Å². The summed E-state index contributed by atoms with van der Waals surface area (Å²) in [4.78, 5) is 49.3. The minimum atomic E-state index is -0.897. The molecule has 8 heteroatoms. The Labute approximate surface area is 156 Å². The zero-order valence-electron chi connectivity index (χ0n) is 14.7. The third-order valence-electron chi connectivity index (χ3n) is 4.84. The molecule has 1 aromatic rings. The first kappa shape index (κ1) is 18.6. The van der Waals surface area contributed by atoms with Gasteiger partial charge >= 0.3 is 5.97 Å². The van der Waals surface area contributed by atoms with Gasteiger partial charge in [-0.2, -0.15) is 5.26 Å². The molecule has 1 aromatic carbocycles. The molecule has 0 saturated heterocycles. The number of esters is 1. The van der Waals surface area contributed by atoms with Crippen molar-refractivity contribution in [2.45, 2.75) is 37.6 Å². The monoisotopic (exact) mass is 369 g/mol. The zero-order valence-corrected chi connectivity index (χ0v) is 14.7. The van der Waals surface area contributed by atoms with E-state index in [1.165, 1.54) is 0 Å². The predicted octanol–water partition coefficient (Wildman–Crippen LogP) is 0.707. The molecular formula is C19H19N3O5. The third-order valence-corrected chi connectivity index (χ3v) is 4.84. The van der Waals surface area contributed by atoms with Crippen LogP contribution < -0.4 is 5.32 Å². The van der Waals surface area contributed by atoms with Gasteiger partial charge in [0.2, 0.25) is 5.91 Å². The first-order valence-electron chi connectivity index (χ1n) is 8.75. The molecule has 3 amide bonds. The normalized spacial score (nSPS) is 17.8. The number of imide groups is 1. The number of fused-ring (bicyclic) bond motifs is 1. The Balaban J connectivity index is 1.54. The van der Waals surface area contributed by atoms with Crippen LogP contribution in [0.25, 0.3) is 0 Å². The maximum absolute atomic E-state index is 12.4. The van der Waals surface area contributed by atoms with E-state index in [4.69, 9.17) is 4.74 Å². The van der Waals surface area contributed by atoms with Crippen molar-refractivity contribution in [2.24, 2.45) is 0 Å². The minimum absolute atomic E-state index is 0.0281. The summed E-state index contributed by atoms with van der Waals surface area (Å²) in [7, 11) is 0. The highest BCUT2D eigenvalue weighted by molar-refractivity contribution is 6.11. The van der Waals surface area contributed by atoms with Crippen molar-refractivity contribution >= 4 is 23.7 Å². The summed E-state index contributed by atoms with van der Waals surface area (Å²) in [5, 5.41) is 11.9. The minimum Gasteiger partial charge on any atom is -0.454 e. The van der Waals surface area contributed by atoms with Crippen LogP contribution in [-0.4, -0.2) is 47.3 Å². The number of hydrogen-bond acceptors (Lipinski definition) is 6. The van der Waals surface area contributed by atoms with Crippen LogP contribution in [0.1, 0.15) is 41.6 Å². The van der Waals surface area contributed by atoms with Gasteiger partial charge in [-0.1, -0.05) is 18.2 Å². The molecule has 1 N–H and O–H groups in total. The van der Waals surface area contributed by atoms with E-state index in [2.05, 4.69) is 11.4 Å². The average molecular weight is 369 g/mol. The van der Waals surface area contributed by atoms with Crippen molar-refractivity contribution < 1.29 is 23.9 Å². The van der Waals surface area contributed by atoms with Crippen LogP contribution in [0, 0.1) is 11.3 Å². The quantitative estimate of drug-likeness (QED) is 0.603. The number of rotatable bonds is 5. The Bertz CT molecular complexity index is 836. The number of benzene rings is 1. The second-order valence-electron chi connectivity index (χ2n) is 6.73. The van der Waals surface area contributed by atoms with E-state index in [0.29, 0.717) is 24.0 Å². The lowest BCUT2D eigenvalue weighted by Crippen LogP contribution is -2.48. The zero-order chi connectivity index (χ0) is 19.4. The number of hydrogen-bond donors (Lipinski definition) is 1. The lowest BCUT2D eigenvalue weighted by Gasteiger charge is -2.26. The molecule has 1 aliphatic heterocycles. The van der Waals surface area contributed by atoms with Crippen molar-refractivity contribution in [1.29, 1.82) is 5.26 Å². The molecule has 27 heavy (non-hydrogen) atoms. The van der Waals surface area contributed by atoms with Crippen LogP contribution in [0.4, 0.5) is 0 Å². The summed E-state index contributed by atoms with van der Waals surface area (Å²) < 4.78 is 4.88. The highest BCUT2D eigenvalue weighted by Gasteiger charge is 2.36. The third kappa shape index (κ3) is 3.97. The summed E-state index contributed by atoms with van der Waals surface area (Å²) in [5.41, 5.74) is 0.0983. The van der Waals surface area contributed by atoms with Crippen molar-refractivity contribution in [1.82, 2.24) is 10.2 Å². The molecule has 1 fully saturated rings. The Morgan fingerprint density at radius 1 is 1.22 bits per heavy atom. The van der Waals surface area contributed by atoms with E-state index in [1.807, 2.05) is 0 Å². The number of nitriles is 1. The lowest BCUT2D eigenvalue weighted by atomic mass is 9.98. The van der Waals surface area contributed by atoms with E-state index in [9.17, 15) is 24.4 Å². The Hall–Kier alpha value is -3.21. The fourth-order valence-corrected chi connectivity index (χ4v) is 3.43. The largest absolute Gasteiger partial charge is 0.454 e. The number of amides is 3. The van der Waals surface area contributed by atoms with E-state index >= 15 is 0 Å². The van der Waals surface area contributed by atoms with Gasteiger partial charge in [0.1, 0.15) is 12.1 Å². The Morgan fingerprint density at radius 3 is 2.63 bits per heavy atom. The summed E-state index contributed by atoms with van der Waals surface area (Å²) in [6, 6.07) is 8.82. The molecule has 0 spiro atoms. The molecule has 2 aliphatic rings. The molecule has 0 aromatic heterocycles.